The summed E-state index contributed by atoms with van der Waals surface area (Å²) in [6, 6.07) is 7.19. The zero-order valence-electron chi connectivity index (χ0n) is 7.97. The standard InChI is InChI=1S/C10H10N2O3/c1-11-12-10(13)9-6-14-7-4-2-3-5-8(7)15-9/h2-5,9H,1,6H2,(H,12,13). The highest BCUT2D eigenvalue weighted by molar-refractivity contribution is 5.81. The number of hydrogen-bond donors (Lipinski definition) is 1. The predicted molar refractivity (Wildman–Crippen MR) is 54.0 cm³/mol. The van der Waals surface area contributed by atoms with Gasteiger partial charge in [0.25, 0.3) is 5.91 Å². The molecule has 0 saturated carbocycles. The van der Waals surface area contributed by atoms with Gasteiger partial charge >= 0.3 is 0 Å². The lowest BCUT2D eigenvalue weighted by Crippen LogP contribution is -2.42. The van der Waals surface area contributed by atoms with Crippen molar-refractivity contribution in [2.24, 2.45) is 5.10 Å². The maximum absolute atomic E-state index is 11.4. The summed E-state index contributed by atoms with van der Waals surface area (Å²) in [4.78, 5) is 11.4. The number of benzene rings is 1. The summed E-state index contributed by atoms with van der Waals surface area (Å²) in [6.07, 6.45) is -0.676. The molecule has 1 atom stereocenters. The molecule has 1 unspecified atom stereocenters. The molecule has 1 aliphatic heterocycles. The molecule has 0 bridgehead atoms. The highest BCUT2D eigenvalue weighted by atomic mass is 16.6. The lowest BCUT2D eigenvalue weighted by Gasteiger charge is -2.24. The highest BCUT2D eigenvalue weighted by Crippen LogP contribution is 2.30. The Bertz CT molecular complexity index is 392. The number of para-hydroxylation sites is 2. The van der Waals surface area contributed by atoms with E-state index < -0.39 is 6.10 Å². The van der Waals surface area contributed by atoms with Crippen LogP contribution in [0.5, 0.6) is 11.5 Å². The van der Waals surface area contributed by atoms with Crippen LogP contribution in [-0.2, 0) is 4.79 Å². The quantitative estimate of drug-likeness (QED) is 0.568. The van der Waals surface area contributed by atoms with Gasteiger partial charge in [-0.25, -0.2) is 5.43 Å². The molecule has 1 aliphatic rings. The molecule has 1 aromatic carbocycles. The normalized spacial score (nSPS) is 18.0. The van der Waals surface area contributed by atoms with Crippen molar-refractivity contribution >= 4 is 12.6 Å². The van der Waals surface area contributed by atoms with E-state index in [1.54, 1.807) is 12.1 Å². The summed E-state index contributed by atoms with van der Waals surface area (Å²) >= 11 is 0. The van der Waals surface area contributed by atoms with E-state index in [4.69, 9.17) is 9.47 Å². The Balaban J connectivity index is 2.11. The van der Waals surface area contributed by atoms with Gasteiger partial charge in [0.05, 0.1) is 0 Å². The van der Waals surface area contributed by atoms with E-state index in [-0.39, 0.29) is 12.5 Å². The number of nitrogens with one attached hydrogen (secondary N) is 1. The molecule has 0 aromatic heterocycles. The van der Waals surface area contributed by atoms with Crippen LogP contribution in [-0.4, -0.2) is 25.3 Å². The Kier molecular flexibility index (Phi) is 2.53. The topological polar surface area (TPSA) is 59.9 Å². The molecule has 5 nitrogen and oxygen atoms in total. The molecule has 0 aliphatic carbocycles. The van der Waals surface area contributed by atoms with Crippen LogP contribution in [0.4, 0.5) is 0 Å². The van der Waals surface area contributed by atoms with Crippen LogP contribution in [0.2, 0.25) is 0 Å². The fourth-order valence-corrected chi connectivity index (χ4v) is 1.30. The van der Waals surface area contributed by atoms with Gasteiger partial charge in [0.15, 0.2) is 11.5 Å². The Morgan fingerprint density at radius 3 is 2.93 bits per heavy atom. The number of carbonyl (C=O) groups excluding carboxylic acids is 1. The Morgan fingerprint density at radius 2 is 2.20 bits per heavy atom. The van der Waals surface area contributed by atoms with Crippen LogP contribution < -0.4 is 14.9 Å². The molecule has 2 rings (SSSR count). The Morgan fingerprint density at radius 1 is 1.47 bits per heavy atom. The van der Waals surface area contributed by atoms with E-state index in [2.05, 4.69) is 17.2 Å². The summed E-state index contributed by atoms with van der Waals surface area (Å²) < 4.78 is 10.8. The molecule has 1 aromatic rings. The minimum absolute atomic E-state index is 0.179. The monoisotopic (exact) mass is 206 g/mol. The first-order valence-corrected chi connectivity index (χ1v) is 4.45. The summed E-state index contributed by atoms with van der Waals surface area (Å²) in [7, 11) is 0. The van der Waals surface area contributed by atoms with Gasteiger partial charge in [0, 0.05) is 6.72 Å². The first kappa shape index (κ1) is 9.51. The second kappa shape index (κ2) is 4.00. The molecule has 15 heavy (non-hydrogen) atoms. The number of rotatable bonds is 2. The van der Waals surface area contributed by atoms with E-state index in [1.807, 2.05) is 12.1 Å². The summed E-state index contributed by atoms with van der Waals surface area (Å²) in [5.41, 5.74) is 2.22. The van der Waals surface area contributed by atoms with Gasteiger partial charge in [0.1, 0.15) is 6.61 Å². The van der Waals surface area contributed by atoms with Crippen molar-refractivity contribution in [1.29, 1.82) is 0 Å². The molecular formula is C10H10N2O3. The first-order valence-electron chi connectivity index (χ1n) is 4.45. The Hall–Kier alpha value is -2.04. The number of ether oxygens (including phenoxy) is 2. The van der Waals surface area contributed by atoms with E-state index in [0.29, 0.717) is 11.5 Å². The van der Waals surface area contributed by atoms with Gasteiger partial charge in [0.2, 0.25) is 6.10 Å². The van der Waals surface area contributed by atoms with Crippen molar-refractivity contribution in [1.82, 2.24) is 5.43 Å². The lowest BCUT2D eigenvalue weighted by molar-refractivity contribution is -0.130. The highest BCUT2D eigenvalue weighted by Gasteiger charge is 2.26. The summed E-state index contributed by atoms with van der Waals surface area (Å²) in [5, 5.41) is 3.28. The van der Waals surface area contributed by atoms with E-state index in [0.717, 1.165) is 0 Å². The van der Waals surface area contributed by atoms with Gasteiger partial charge in [-0.3, -0.25) is 4.79 Å². The summed E-state index contributed by atoms with van der Waals surface area (Å²) in [5.74, 6) is 0.848. The number of fused-ring (bicyclic) bond motifs is 1. The molecule has 1 amide bonds. The molecule has 0 fully saturated rings. The maximum atomic E-state index is 11.4. The fourth-order valence-electron chi connectivity index (χ4n) is 1.30. The number of hydrazone groups is 1. The number of carbonyl (C=O) groups is 1. The average Bonchev–Trinajstić information content (AvgIpc) is 2.29. The second-order valence-corrected chi connectivity index (χ2v) is 3.00. The fraction of sp³-hybridized carbons (Fsp3) is 0.200. The van der Waals surface area contributed by atoms with Gasteiger partial charge in [-0.05, 0) is 12.1 Å². The third-order valence-corrected chi connectivity index (χ3v) is 1.99. The first-order chi connectivity index (χ1) is 7.31. The second-order valence-electron chi connectivity index (χ2n) is 3.00. The molecule has 78 valence electrons. The smallest absolute Gasteiger partial charge is 0.284 e. The van der Waals surface area contributed by atoms with E-state index >= 15 is 0 Å². The number of hydrogen-bond acceptors (Lipinski definition) is 4. The van der Waals surface area contributed by atoms with Crippen molar-refractivity contribution in [3.63, 3.8) is 0 Å². The molecule has 5 heteroatoms. The van der Waals surface area contributed by atoms with Gasteiger partial charge in [-0.15, -0.1) is 0 Å². The molecular weight excluding hydrogens is 196 g/mol. The molecule has 1 N–H and O–H groups in total. The maximum Gasteiger partial charge on any atom is 0.284 e. The van der Waals surface area contributed by atoms with Crippen LogP contribution >= 0.6 is 0 Å². The van der Waals surface area contributed by atoms with Crippen molar-refractivity contribution in [3.05, 3.63) is 24.3 Å². The zero-order valence-corrected chi connectivity index (χ0v) is 7.97. The molecule has 1 heterocycles. The van der Waals surface area contributed by atoms with E-state index in [1.165, 1.54) is 0 Å². The predicted octanol–water partition coefficient (Wildman–Crippen LogP) is 0.558. The van der Waals surface area contributed by atoms with Gasteiger partial charge in [-0.2, -0.15) is 5.10 Å². The minimum Gasteiger partial charge on any atom is -0.485 e. The number of nitrogens with zero attached hydrogens (tertiary/aromatic N) is 1. The zero-order chi connectivity index (χ0) is 10.7. The summed E-state index contributed by atoms with van der Waals surface area (Å²) in [6.45, 7) is 3.34. The third kappa shape index (κ3) is 1.90. The van der Waals surface area contributed by atoms with Crippen molar-refractivity contribution in [2.75, 3.05) is 6.61 Å². The molecule has 0 radical (unpaired) electrons. The van der Waals surface area contributed by atoms with Crippen LogP contribution in [0.15, 0.2) is 29.4 Å². The van der Waals surface area contributed by atoms with Crippen LogP contribution in [0, 0.1) is 0 Å². The van der Waals surface area contributed by atoms with Crippen molar-refractivity contribution < 1.29 is 14.3 Å². The van der Waals surface area contributed by atoms with E-state index in [9.17, 15) is 4.79 Å². The molecule has 0 saturated heterocycles. The SMILES string of the molecule is C=NNC(=O)C1COc2ccccc2O1. The lowest BCUT2D eigenvalue weighted by atomic mass is 10.2. The van der Waals surface area contributed by atoms with Crippen LogP contribution in [0.1, 0.15) is 0 Å². The Labute approximate surface area is 86.7 Å². The van der Waals surface area contributed by atoms with Gasteiger partial charge in [-0.1, -0.05) is 12.1 Å². The largest absolute Gasteiger partial charge is 0.485 e. The van der Waals surface area contributed by atoms with Crippen molar-refractivity contribution in [3.8, 4) is 11.5 Å². The third-order valence-electron chi connectivity index (χ3n) is 1.99. The van der Waals surface area contributed by atoms with Crippen LogP contribution in [0.3, 0.4) is 0 Å². The van der Waals surface area contributed by atoms with Crippen molar-refractivity contribution in [2.45, 2.75) is 6.10 Å². The number of amides is 1. The average molecular weight is 206 g/mol. The molecule has 0 spiro atoms. The van der Waals surface area contributed by atoms with Gasteiger partial charge < -0.3 is 9.47 Å². The minimum atomic E-state index is -0.676. The van der Waals surface area contributed by atoms with Crippen LogP contribution in [0.25, 0.3) is 0 Å².